The zero-order valence-corrected chi connectivity index (χ0v) is 37.0. The third-order valence-corrected chi connectivity index (χ3v) is 12.8. The summed E-state index contributed by atoms with van der Waals surface area (Å²) in [5.41, 5.74) is 11.5. The van der Waals surface area contributed by atoms with Crippen molar-refractivity contribution in [3.63, 3.8) is 0 Å². The van der Waals surface area contributed by atoms with Crippen LogP contribution in [0.5, 0.6) is 5.75 Å². The molecule has 3 aliphatic heterocycles. The number of piperidine rings is 2. The summed E-state index contributed by atoms with van der Waals surface area (Å²) in [7, 11) is 0. The lowest BCUT2D eigenvalue weighted by Gasteiger charge is -2.33. The van der Waals surface area contributed by atoms with Gasteiger partial charge in [-0.15, -0.1) is 11.3 Å². The summed E-state index contributed by atoms with van der Waals surface area (Å²) in [6.45, 7) is 3.83. The van der Waals surface area contributed by atoms with Crippen molar-refractivity contribution in [1.29, 1.82) is 0 Å². The van der Waals surface area contributed by atoms with Crippen molar-refractivity contribution in [2.45, 2.75) is 57.0 Å². The first kappa shape index (κ1) is 44.7. The largest absolute Gasteiger partial charge is 0.490 e. The summed E-state index contributed by atoms with van der Waals surface area (Å²) < 4.78 is 25.1. The Balaban J connectivity index is 0.736. The van der Waals surface area contributed by atoms with Crippen LogP contribution in [0.2, 0.25) is 0 Å². The van der Waals surface area contributed by atoms with Crippen molar-refractivity contribution in [3.8, 4) is 16.9 Å². The molecule has 5 aromatic rings. The summed E-state index contributed by atoms with van der Waals surface area (Å²) in [6, 6.07) is 18.6. The minimum Gasteiger partial charge on any atom is -0.490 e. The maximum atomic E-state index is 13.2. The number of aryl methyl sites for hydroxylation is 1. The zero-order chi connectivity index (χ0) is 44.6. The number of ketones is 1. The monoisotopic (exact) mass is 906 g/mol. The lowest BCUT2D eigenvalue weighted by Crippen LogP contribution is -2.54. The Bertz CT molecular complexity index is 2530. The number of rotatable bonds is 21. The normalized spacial score (nSPS) is 16.7. The van der Waals surface area contributed by atoms with E-state index in [-0.39, 0.29) is 48.7 Å². The maximum Gasteiger partial charge on any atom is 0.266 e. The van der Waals surface area contributed by atoms with Crippen LogP contribution in [0.15, 0.2) is 78.4 Å². The predicted octanol–water partition coefficient (Wildman–Crippen LogP) is 5.66. The molecule has 64 heavy (non-hydrogen) atoms. The van der Waals surface area contributed by atoms with E-state index in [0.717, 1.165) is 69.1 Å². The first-order valence-electron chi connectivity index (χ1n) is 21.6. The van der Waals surface area contributed by atoms with Crippen LogP contribution in [0.4, 0.5) is 5.13 Å². The fourth-order valence-corrected chi connectivity index (χ4v) is 9.31. The van der Waals surface area contributed by atoms with Gasteiger partial charge in [-0.3, -0.25) is 34.2 Å². The number of nitrogens with zero attached hydrogens (tertiary/aromatic N) is 4. The van der Waals surface area contributed by atoms with E-state index in [1.165, 1.54) is 6.07 Å². The van der Waals surface area contributed by atoms with Crippen molar-refractivity contribution in [1.82, 2.24) is 19.8 Å². The molecule has 1 atom stereocenters. The van der Waals surface area contributed by atoms with E-state index in [4.69, 9.17) is 36.9 Å². The number of thiocarbonyl (C=S) groups is 1. The van der Waals surface area contributed by atoms with Gasteiger partial charge in [0, 0.05) is 78.2 Å². The quantitative estimate of drug-likeness (QED) is 0.0523. The zero-order valence-electron chi connectivity index (χ0n) is 35.3. The smallest absolute Gasteiger partial charge is 0.266 e. The Hall–Kier alpha value is -5.85. The Morgan fingerprint density at radius 2 is 1.59 bits per heavy atom. The highest BCUT2D eigenvalue weighted by Crippen LogP contribution is 2.38. The molecule has 1 unspecified atom stereocenters. The molecule has 15 nitrogen and oxygen atoms in total. The third-order valence-electron chi connectivity index (χ3n) is 11.8. The molecule has 8 rings (SSSR count). The molecule has 0 bridgehead atoms. The third kappa shape index (κ3) is 10.2. The molecule has 2 saturated heterocycles. The number of aromatic nitrogens is 2. The molecular formula is C47H50N6O9S2. The number of carbonyl (C=O) groups excluding carboxylic acids is 5. The molecule has 4 amide bonds. The van der Waals surface area contributed by atoms with Crippen LogP contribution in [0.3, 0.4) is 0 Å². The molecule has 17 heteroatoms. The molecule has 3 aromatic carbocycles. The van der Waals surface area contributed by atoms with E-state index in [2.05, 4.69) is 56.3 Å². The summed E-state index contributed by atoms with van der Waals surface area (Å²) >= 11 is 6.96. The molecule has 334 valence electrons. The maximum absolute atomic E-state index is 13.2. The van der Waals surface area contributed by atoms with Crippen molar-refractivity contribution < 1.29 is 42.9 Å². The second-order valence-corrected chi connectivity index (χ2v) is 17.2. The first-order chi connectivity index (χ1) is 31.2. The van der Waals surface area contributed by atoms with Gasteiger partial charge in [0.05, 0.1) is 50.8 Å². The molecule has 5 heterocycles. The SMILES string of the molecule is NC(=S)c1cccc(-c2cn(C3CCN(c4nccs4)CC3)c3cc(CCC(=O)CCOCCOCCOCCOc4cccc5c4C(=O)N(C4CCC(=O)NC4=O)C5=O)ccc23)c1. The number of Topliss-reactive ketones (excluding diaryl/α,β-unsaturated/α-hetero) is 1. The summed E-state index contributed by atoms with van der Waals surface area (Å²) in [6.07, 6.45) is 7.61. The van der Waals surface area contributed by atoms with Crippen LogP contribution >= 0.6 is 23.6 Å². The average Bonchev–Trinajstić information content (AvgIpc) is 4.04. The van der Waals surface area contributed by atoms with Gasteiger partial charge in [-0.05, 0) is 61.1 Å². The minimum atomic E-state index is -1.05. The number of hydrogen-bond donors (Lipinski definition) is 2. The second-order valence-electron chi connectivity index (χ2n) is 15.9. The number of imide groups is 2. The lowest BCUT2D eigenvalue weighted by molar-refractivity contribution is -0.136. The standard InChI is InChI=1S/C47H50N6O9S2/c48-43(63)32-4-1-3-31(28-32)37-29-52(33-13-17-51(18-14-33)47-49-16-26-64-47)39-27-30(8-10-35(37)39)7-9-34(54)15-19-59-20-21-60-22-23-61-24-25-62-40-6-2-5-36-42(40)46(58)53(45(36)57)38-11-12-41(55)50-44(38)56/h1-6,8,10,16,26-29,33,38H,7,9,11-15,17-25H2,(H2,48,63)(H,50,55,56). The molecule has 3 aliphatic rings. The minimum absolute atomic E-state index is 0.0422. The molecular weight excluding hydrogens is 857 g/mol. The topological polar surface area (TPSA) is 185 Å². The number of amides is 4. The second kappa shape index (κ2) is 20.8. The van der Waals surface area contributed by atoms with E-state index < -0.39 is 29.7 Å². The highest BCUT2D eigenvalue weighted by Gasteiger charge is 2.46. The molecule has 0 radical (unpaired) electrons. The van der Waals surface area contributed by atoms with E-state index in [1.807, 2.05) is 23.7 Å². The van der Waals surface area contributed by atoms with E-state index in [0.29, 0.717) is 63.3 Å². The van der Waals surface area contributed by atoms with Gasteiger partial charge < -0.3 is 34.1 Å². The number of benzene rings is 3. The van der Waals surface area contributed by atoms with Gasteiger partial charge >= 0.3 is 0 Å². The van der Waals surface area contributed by atoms with E-state index >= 15 is 0 Å². The van der Waals surface area contributed by atoms with Gasteiger partial charge in [0.1, 0.15) is 29.2 Å². The number of nitrogens with two attached hydrogens (primary N) is 1. The number of thiazole rings is 1. The molecule has 0 saturated carbocycles. The number of anilines is 1. The van der Waals surface area contributed by atoms with Crippen molar-refractivity contribution in [3.05, 3.63) is 101 Å². The summed E-state index contributed by atoms with van der Waals surface area (Å²) in [5.74, 6) is -1.97. The highest BCUT2D eigenvalue weighted by molar-refractivity contribution is 7.80. The van der Waals surface area contributed by atoms with E-state index in [1.54, 1.807) is 23.5 Å². The van der Waals surface area contributed by atoms with Crippen molar-refractivity contribution in [2.24, 2.45) is 5.73 Å². The van der Waals surface area contributed by atoms with Crippen LogP contribution in [-0.2, 0) is 35.0 Å². The molecule has 0 spiro atoms. The van der Waals surface area contributed by atoms with Crippen LogP contribution in [0, 0.1) is 0 Å². The number of ether oxygens (including phenoxy) is 4. The predicted molar refractivity (Wildman–Crippen MR) is 245 cm³/mol. The molecule has 2 aromatic heterocycles. The Kier molecular flexibility index (Phi) is 14.5. The lowest BCUT2D eigenvalue weighted by atomic mass is 10.00. The molecule has 3 N–H and O–H groups in total. The number of nitrogens with one attached hydrogen (secondary N) is 1. The summed E-state index contributed by atoms with van der Waals surface area (Å²) in [5, 5.41) is 6.43. The van der Waals surface area contributed by atoms with Crippen LogP contribution < -0.4 is 20.7 Å². The van der Waals surface area contributed by atoms with Gasteiger partial charge in [0.15, 0.2) is 5.13 Å². The number of hydrogen-bond acceptors (Lipinski definition) is 13. The Labute approximate surface area is 379 Å². The summed E-state index contributed by atoms with van der Waals surface area (Å²) in [4.78, 5) is 71.3. The van der Waals surface area contributed by atoms with Crippen LogP contribution in [0.1, 0.15) is 76.4 Å². The fraction of sp³-hybridized carbons (Fsp3) is 0.383. The van der Waals surface area contributed by atoms with E-state index in [9.17, 15) is 24.0 Å². The van der Waals surface area contributed by atoms with Crippen molar-refractivity contribution >= 4 is 74.0 Å². The fourth-order valence-electron chi connectivity index (χ4n) is 8.48. The molecule has 2 fully saturated rings. The Morgan fingerprint density at radius 3 is 2.33 bits per heavy atom. The number of carbonyl (C=O) groups is 5. The Morgan fingerprint density at radius 1 is 0.844 bits per heavy atom. The first-order valence-corrected chi connectivity index (χ1v) is 22.9. The molecule has 0 aliphatic carbocycles. The van der Waals surface area contributed by atoms with Gasteiger partial charge in [-0.25, -0.2) is 4.98 Å². The highest BCUT2D eigenvalue weighted by atomic mass is 32.1. The van der Waals surface area contributed by atoms with Gasteiger partial charge in [-0.1, -0.05) is 48.6 Å². The number of fused-ring (bicyclic) bond motifs is 2. The van der Waals surface area contributed by atoms with Crippen molar-refractivity contribution in [2.75, 3.05) is 64.2 Å². The van der Waals surface area contributed by atoms with Crippen LogP contribution in [-0.4, -0.2) is 114 Å². The average molecular weight is 907 g/mol. The van der Waals surface area contributed by atoms with Gasteiger partial charge in [-0.2, -0.15) is 0 Å². The van der Waals surface area contributed by atoms with Crippen LogP contribution in [0.25, 0.3) is 22.0 Å². The van der Waals surface area contributed by atoms with Gasteiger partial charge in [0.25, 0.3) is 11.8 Å². The van der Waals surface area contributed by atoms with Gasteiger partial charge in [0.2, 0.25) is 11.8 Å².